The van der Waals surface area contributed by atoms with E-state index < -0.39 is 146 Å². The van der Waals surface area contributed by atoms with Gasteiger partial charge in [-0.1, -0.05) is 48.0 Å². The van der Waals surface area contributed by atoms with E-state index in [1.54, 1.807) is 41.5 Å². The van der Waals surface area contributed by atoms with Crippen molar-refractivity contribution in [3.8, 4) is 0 Å². The Morgan fingerprint density at radius 1 is 0.681 bits per heavy atom. The number of nitrogens with one attached hydrogen (secondary N) is 7. The maximum absolute atomic E-state index is 15.8. The van der Waals surface area contributed by atoms with Crippen molar-refractivity contribution in [3.05, 3.63) is 23.3 Å². The van der Waals surface area contributed by atoms with Gasteiger partial charge in [-0.25, -0.2) is 17.6 Å². The van der Waals surface area contributed by atoms with Crippen LogP contribution in [-0.4, -0.2) is 131 Å². The maximum atomic E-state index is 15.8. The van der Waals surface area contributed by atoms with Crippen LogP contribution in [0.1, 0.15) is 106 Å². The summed E-state index contributed by atoms with van der Waals surface area (Å²) < 4.78 is 62.9. The summed E-state index contributed by atoms with van der Waals surface area (Å²) in [5.41, 5.74) is 23.0. The molecule has 2 aliphatic rings. The Morgan fingerprint density at radius 2 is 1.21 bits per heavy atom. The summed E-state index contributed by atoms with van der Waals surface area (Å²) in [5.74, 6) is -17.5. The third-order valence-electron chi connectivity index (χ3n) is 11.7. The van der Waals surface area contributed by atoms with Gasteiger partial charge in [0.15, 0.2) is 23.3 Å². The number of carbonyl (C=O) groups is 8. The van der Waals surface area contributed by atoms with E-state index in [0.717, 1.165) is 6.92 Å². The molecule has 0 radical (unpaired) electrons. The minimum absolute atomic E-state index is 0.0185. The topological polar surface area (TPSA) is 345 Å². The van der Waals surface area contributed by atoms with Gasteiger partial charge in [0.05, 0.1) is 21.9 Å². The summed E-state index contributed by atoms with van der Waals surface area (Å²) in [6.45, 7) is 12.0. The summed E-state index contributed by atoms with van der Waals surface area (Å²) >= 11 is 0.237. The highest BCUT2D eigenvalue weighted by Gasteiger charge is 2.37. The minimum Gasteiger partial charge on any atom is -0.391 e. The highest BCUT2D eigenvalue weighted by molar-refractivity contribution is 7.99. The third kappa shape index (κ3) is 19.6. The van der Waals surface area contributed by atoms with Gasteiger partial charge >= 0.3 is 0 Å². The fourth-order valence-corrected chi connectivity index (χ4v) is 9.30. The molecule has 0 unspecified atom stereocenters. The summed E-state index contributed by atoms with van der Waals surface area (Å²) in [5, 5.41) is 28.0. The first-order valence-corrected chi connectivity index (χ1v) is 26.1. The Morgan fingerprint density at radius 3 is 1.72 bits per heavy atom. The zero-order valence-corrected chi connectivity index (χ0v) is 43.6. The molecule has 8 amide bonds. The quantitative estimate of drug-likeness (QED) is 0.0324. The van der Waals surface area contributed by atoms with Gasteiger partial charge < -0.3 is 65.3 Å². The van der Waals surface area contributed by atoms with Gasteiger partial charge in [-0.05, 0) is 89.1 Å². The molecule has 72 heavy (non-hydrogen) atoms. The summed E-state index contributed by atoms with van der Waals surface area (Å²) in [6, 6.07) is -11.9. The molecule has 2 heterocycles. The molecule has 10 atom stereocenters. The number of nitrogens with two attached hydrogens (primary N) is 4. The second-order valence-electron chi connectivity index (χ2n) is 18.8. The van der Waals surface area contributed by atoms with Gasteiger partial charge in [0.2, 0.25) is 47.3 Å². The first kappa shape index (κ1) is 63.4. The first-order chi connectivity index (χ1) is 33.8. The number of carbonyl (C=O) groups excluding carboxylic acids is 8. The van der Waals surface area contributed by atoms with Crippen LogP contribution in [0.15, 0.2) is 9.79 Å². The van der Waals surface area contributed by atoms with Crippen molar-refractivity contribution in [2.45, 2.75) is 170 Å². The van der Waals surface area contributed by atoms with Crippen LogP contribution in [0.25, 0.3) is 0 Å². The molecule has 1 aromatic rings. The van der Waals surface area contributed by atoms with Gasteiger partial charge in [-0.2, -0.15) is 0 Å². The highest BCUT2D eigenvalue weighted by Crippen LogP contribution is 2.36. The lowest BCUT2D eigenvalue weighted by atomic mass is 9.97. The van der Waals surface area contributed by atoms with Crippen molar-refractivity contribution in [2.75, 3.05) is 24.6 Å². The number of rotatable bonds is 22. The van der Waals surface area contributed by atoms with Crippen LogP contribution in [0.3, 0.4) is 0 Å². The van der Waals surface area contributed by atoms with E-state index in [1.165, 1.54) is 0 Å². The molecule has 26 heteroatoms. The van der Waals surface area contributed by atoms with Crippen LogP contribution in [0.4, 0.5) is 17.6 Å². The van der Waals surface area contributed by atoms with Crippen LogP contribution in [0.2, 0.25) is 0 Å². The van der Waals surface area contributed by atoms with Crippen LogP contribution in [0, 0.1) is 41.0 Å². The van der Waals surface area contributed by atoms with E-state index in [2.05, 4.69) is 37.2 Å². The number of thioether (sulfide) groups is 2. The number of hydrogen-bond donors (Lipinski definition) is 12. The molecule has 16 N–H and O–H groups in total. The normalized spacial score (nSPS) is 21.8. The minimum atomic E-state index is -1.90. The summed E-state index contributed by atoms with van der Waals surface area (Å²) in [7, 11) is 0. The Bertz CT molecular complexity index is 2020. The molecular weight excluding hydrogens is 991 g/mol. The van der Waals surface area contributed by atoms with E-state index >= 15 is 17.6 Å². The molecule has 20 nitrogen and oxygen atoms in total. The monoisotopic (exact) mass is 1070 g/mol. The van der Waals surface area contributed by atoms with Gasteiger partial charge in [-0.3, -0.25) is 38.4 Å². The van der Waals surface area contributed by atoms with Crippen molar-refractivity contribution in [1.82, 2.24) is 37.2 Å². The fraction of sp³-hybridized carbons (Fsp3) is 0.696. The van der Waals surface area contributed by atoms with Crippen LogP contribution in [-0.2, 0) is 38.4 Å². The highest BCUT2D eigenvalue weighted by atomic mass is 32.2. The number of aliphatic hydroxyl groups excluding tert-OH is 1. The summed E-state index contributed by atoms with van der Waals surface area (Å²) in [6.07, 6.45) is -0.0711. The van der Waals surface area contributed by atoms with Gasteiger partial charge in [0.25, 0.3) is 0 Å². The second-order valence-corrected chi connectivity index (χ2v) is 20.8. The largest absolute Gasteiger partial charge is 0.391 e. The lowest BCUT2D eigenvalue weighted by Crippen LogP contribution is -2.61. The molecule has 2 bridgehead atoms. The van der Waals surface area contributed by atoms with Crippen LogP contribution >= 0.6 is 23.5 Å². The lowest BCUT2D eigenvalue weighted by Gasteiger charge is -2.29. The predicted octanol–water partition coefficient (Wildman–Crippen LogP) is 0.424. The maximum Gasteiger partial charge on any atom is 0.245 e. The van der Waals surface area contributed by atoms with Gasteiger partial charge in [0, 0.05) is 11.5 Å². The zero-order valence-electron chi connectivity index (χ0n) is 42.0. The number of primary amides is 1. The number of halogens is 4. The number of unbranched alkanes of at least 4 members (excludes halogenated alkanes) is 2. The molecule has 0 aliphatic carbocycles. The molecule has 0 aromatic heterocycles. The van der Waals surface area contributed by atoms with Crippen molar-refractivity contribution in [2.24, 2.45) is 40.7 Å². The fourth-order valence-electron chi connectivity index (χ4n) is 7.37. The smallest absolute Gasteiger partial charge is 0.245 e. The average molecular weight is 1070 g/mol. The number of benzene rings is 1. The third-order valence-corrected chi connectivity index (χ3v) is 14.0. The zero-order chi connectivity index (χ0) is 54.6. The van der Waals surface area contributed by atoms with Crippen molar-refractivity contribution < 1.29 is 61.0 Å². The molecule has 0 fully saturated rings. The van der Waals surface area contributed by atoms with Gasteiger partial charge in [-0.15, -0.1) is 23.5 Å². The second kappa shape index (κ2) is 31.1. The molecule has 408 valence electrons. The van der Waals surface area contributed by atoms with Gasteiger partial charge in [0.1, 0.15) is 42.3 Å². The molecule has 0 saturated carbocycles. The van der Waals surface area contributed by atoms with E-state index in [1.807, 2.05) is 0 Å². The molecule has 0 spiro atoms. The molecule has 3 rings (SSSR count). The molecule has 1 aromatic carbocycles. The predicted molar refractivity (Wildman–Crippen MR) is 264 cm³/mol. The van der Waals surface area contributed by atoms with Crippen molar-refractivity contribution >= 4 is 70.8 Å². The SMILES string of the molecule is CC[C@H](C)[C@H](NC(=O)[C@H](CC(C)C)NC(=O)[C@H](CCCCN)NC(=O)[C@@H]1CSc2c(F)c(F)c(c(F)c2F)SC[C@H](N)C(=O)N[C@@H]([C@@H](C)O)C(=O)N[C@@H](CC(C)C)C(=O)N[C@@H](CCCCN)C(=O)N1)C(N)=O. The van der Waals surface area contributed by atoms with E-state index in [4.69, 9.17) is 22.9 Å². The Hall–Kier alpha value is -4.76. The number of amides is 8. The molecule has 2 aliphatic heterocycles. The lowest BCUT2D eigenvalue weighted by molar-refractivity contribution is -0.136. The number of hydrogen-bond acceptors (Lipinski definition) is 14. The molecular formula is C46H75F4N11O9S2. The van der Waals surface area contributed by atoms with E-state index in [0.29, 0.717) is 19.3 Å². The molecule has 0 saturated heterocycles. The van der Waals surface area contributed by atoms with E-state index in [9.17, 15) is 43.5 Å². The number of fused-ring (bicyclic) bond motifs is 18. The van der Waals surface area contributed by atoms with Crippen LogP contribution < -0.4 is 60.2 Å². The average Bonchev–Trinajstić information content (AvgIpc) is 3.31. The Kier molecular flexibility index (Phi) is 27.4. The van der Waals surface area contributed by atoms with Crippen molar-refractivity contribution in [3.63, 3.8) is 0 Å². The first-order valence-electron chi connectivity index (χ1n) is 24.2. The Labute approximate surface area is 426 Å². The van der Waals surface area contributed by atoms with Crippen molar-refractivity contribution in [1.29, 1.82) is 0 Å². The Balaban J connectivity index is 2.79. The standard InChI is InChI=1S/C46H75F4N11O9S2/c1-8-23(6)35(39(54)63)60-44(68)29(18-22(4)5)57-41(65)26(13-9-11-15-51)56-45(69)30-20-72-38-33(49)31(47)37(32(48)34(38)50)71-19-25(53)40(64)61-36(24(7)62)46(70)58-28(17-21(2)3)43(67)55-27(42(66)59-30)14-10-12-16-52/h21-30,35-36,62H,8-20,51-53H2,1-7H3,(H2,54,63)(H,55,67)(H,56,69)(H,57,65)(H,58,70)(H,59,66)(H,60,68)(H,61,64)/t23-,24+,25-,26-,27-,28-,29-,30-,35-,36-/m0/s1. The number of aliphatic hydroxyl groups is 1. The van der Waals surface area contributed by atoms with Crippen LogP contribution in [0.5, 0.6) is 0 Å². The van der Waals surface area contributed by atoms with E-state index in [-0.39, 0.29) is 92.9 Å². The summed E-state index contributed by atoms with van der Waals surface area (Å²) in [4.78, 5) is 107.